The second kappa shape index (κ2) is 33.9. The number of carbonyl (C=O) groups excluding carboxylic acids is 4. The van der Waals surface area contributed by atoms with Crippen molar-refractivity contribution in [3.8, 4) is 0 Å². The van der Waals surface area contributed by atoms with Crippen molar-refractivity contribution in [1.29, 1.82) is 0 Å². The molecule has 3 aliphatic carbocycles. The van der Waals surface area contributed by atoms with E-state index in [1.807, 2.05) is 123 Å². The first-order chi connectivity index (χ1) is 44.7. The standard InChI is InChI=1S/C29H38N2O3.C27H34N2O4.C23H28N2O2/c1-7-25(32)15-10-22-11-16-26-23(20-22)12-17-27(26)31(28(33)34-29(2,3)4)19-18-21-8-13-24(14-9-21)30(5)6;1-27(2,3)33-26(32)29(17-16-19-6-11-22(12-7-19)28(4)5)24-14-10-21-18-20(8-13-23(21)24)9-15-25(30)31;1-25(2)20-8-3-17(4-9-20)13-14-24-23-12-7-19-15-18(6-11-22(19)23)5-10-21(27)16-26/h8-11,13-16,20,27H,7,12,17-19H2,1-6H3;6-9,11-13,15,18,24H,10,14,16-17H2,1-5H3,(H,30,31);3-6,8-11,15,23-24,26H,7,12-14,16H2,1-2H3/b15-10+;15-9+;10-5+. The van der Waals surface area contributed by atoms with Crippen LogP contribution in [0.15, 0.2) is 146 Å². The number of benzene rings is 6. The lowest BCUT2D eigenvalue weighted by atomic mass is 10.0. The molecule has 0 aliphatic heterocycles. The van der Waals surface area contributed by atoms with Crippen LogP contribution in [0.5, 0.6) is 0 Å². The van der Waals surface area contributed by atoms with Gasteiger partial charge in [0.15, 0.2) is 11.6 Å². The molecule has 0 heterocycles. The maximum absolute atomic E-state index is 13.2. The van der Waals surface area contributed by atoms with Crippen molar-refractivity contribution in [2.45, 2.75) is 142 Å². The van der Waals surface area contributed by atoms with Crippen LogP contribution in [-0.4, -0.2) is 129 Å². The van der Waals surface area contributed by atoms with Crippen LogP contribution in [0.2, 0.25) is 0 Å². The lowest BCUT2D eigenvalue weighted by Gasteiger charge is -2.32. The van der Waals surface area contributed by atoms with E-state index < -0.39 is 23.8 Å². The minimum absolute atomic E-state index is 0.0128. The number of allylic oxidation sites excluding steroid dienone is 1. The summed E-state index contributed by atoms with van der Waals surface area (Å²) in [6.45, 7) is 14.9. The number of anilines is 3. The second-order valence-electron chi connectivity index (χ2n) is 27.1. The van der Waals surface area contributed by atoms with Crippen LogP contribution in [0, 0.1) is 0 Å². The molecule has 0 radical (unpaired) electrons. The van der Waals surface area contributed by atoms with Gasteiger partial charge in [-0.15, -0.1) is 0 Å². The molecule has 94 heavy (non-hydrogen) atoms. The summed E-state index contributed by atoms with van der Waals surface area (Å²) in [4.78, 5) is 70.1. The zero-order chi connectivity index (χ0) is 68.3. The van der Waals surface area contributed by atoms with Crippen molar-refractivity contribution in [3.63, 3.8) is 0 Å². The molecule has 0 fully saturated rings. The number of aliphatic carboxylic acids is 1. The number of nitrogens with one attached hydrogen (secondary N) is 1. The first-order valence-corrected chi connectivity index (χ1v) is 33.0. The van der Waals surface area contributed by atoms with E-state index in [1.54, 1.807) is 18.2 Å². The fourth-order valence-corrected chi connectivity index (χ4v) is 11.9. The largest absolute Gasteiger partial charge is 0.478 e. The highest BCUT2D eigenvalue weighted by Gasteiger charge is 2.35. The summed E-state index contributed by atoms with van der Waals surface area (Å²) in [5, 5.41) is 21.4. The minimum Gasteiger partial charge on any atom is -0.478 e. The van der Waals surface area contributed by atoms with Crippen molar-refractivity contribution >= 4 is 65.0 Å². The maximum Gasteiger partial charge on any atom is 0.410 e. The highest BCUT2D eigenvalue weighted by Crippen LogP contribution is 2.40. The van der Waals surface area contributed by atoms with Gasteiger partial charge in [0.25, 0.3) is 0 Å². The number of carboxylic acid groups (broad SMARTS) is 1. The molecule has 3 atom stereocenters. The van der Waals surface area contributed by atoms with Gasteiger partial charge in [0.1, 0.15) is 17.8 Å². The number of aliphatic hydroxyl groups is 1. The van der Waals surface area contributed by atoms with Gasteiger partial charge in [0, 0.05) is 91.0 Å². The van der Waals surface area contributed by atoms with Gasteiger partial charge >= 0.3 is 18.2 Å². The van der Waals surface area contributed by atoms with Gasteiger partial charge in [-0.2, -0.15) is 0 Å². The van der Waals surface area contributed by atoms with Crippen molar-refractivity contribution in [1.82, 2.24) is 15.1 Å². The predicted octanol–water partition coefficient (Wildman–Crippen LogP) is 14.7. The third-order valence-electron chi connectivity index (χ3n) is 17.0. The Kier molecular flexibility index (Phi) is 26.2. The smallest absolute Gasteiger partial charge is 0.410 e. The van der Waals surface area contributed by atoms with Crippen molar-refractivity contribution < 1.29 is 43.7 Å². The number of fused-ring (bicyclic) bond motifs is 3. The molecule has 500 valence electrons. The quantitative estimate of drug-likeness (QED) is 0.0518. The summed E-state index contributed by atoms with van der Waals surface area (Å²) in [6.07, 6.45) is 17.5. The van der Waals surface area contributed by atoms with Gasteiger partial charge in [-0.25, -0.2) is 14.4 Å². The number of amides is 2. The Balaban J connectivity index is 0.000000201. The number of aliphatic hydroxyl groups excluding tert-OH is 1. The van der Waals surface area contributed by atoms with E-state index in [0.29, 0.717) is 25.6 Å². The molecule has 0 bridgehead atoms. The van der Waals surface area contributed by atoms with Crippen LogP contribution >= 0.6 is 0 Å². The van der Waals surface area contributed by atoms with E-state index >= 15 is 0 Å². The summed E-state index contributed by atoms with van der Waals surface area (Å²) >= 11 is 0. The first kappa shape index (κ1) is 72.6. The van der Waals surface area contributed by atoms with Crippen molar-refractivity contribution in [2.24, 2.45) is 0 Å². The van der Waals surface area contributed by atoms with Gasteiger partial charge in [-0.05, 0) is 227 Å². The Hall–Kier alpha value is -8.79. The molecule has 6 aromatic rings. The van der Waals surface area contributed by atoms with Gasteiger partial charge in [-0.1, -0.05) is 110 Å². The Labute approximate surface area is 558 Å². The summed E-state index contributed by atoms with van der Waals surface area (Å²) in [6, 6.07) is 44.5. The van der Waals surface area contributed by atoms with E-state index in [9.17, 15) is 24.0 Å². The van der Waals surface area contributed by atoms with E-state index in [1.165, 1.54) is 50.7 Å². The third-order valence-corrected chi connectivity index (χ3v) is 17.0. The molecule has 9 rings (SSSR count). The maximum atomic E-state index is 13.2. The summed E-state index contributed by atoms with van der Waals surface area (Å²) in [5.74, 6) is -1.12. The number of nitrogens with zero attached hydrogens (tertiary/aromatic N) is 5. The summed E-state index contributed by atoms with van der Waals surface area (Å²) < 4.78 is 11.6. The minimum atomic E-state index is -0.969. The lowest BCUT2D eigenvalue weighted by Crippen LogP contribution is -2.40. The van der Waals surface area contributed by atoms with E-state index in [0.717, 1.165) is 110 Å². The van der Waals surface area contributed by atoms with E-state index in [-0.39, 0.29) is 35.8 Å². The molecule has 2 amide bonds. The van der Waals surface area contributed by atoms with Crippen LogP contribution in [0.3, 0.4) is 0 Å². The summed E-state index contributed by atoms with van der Waals surface area (Å²) in [5.41, 5.74) is 16.4. The Morgan fingerprint density at radius 3 is 1.22 bits per heavy atom. The number of aryl methyl sites for hydroxylation is 3. The number of carbonyl (C=O) groups is 5. The fraction of sp³-hybridized carbons (Fsp3) is 0.405. The van der Waals surface area contributed by atoms with Crippen LogP contribution in [0.25, 0.3) is 18.2 Å². The topological polar surface area (TPSA) is 172 Å². The van der Waals surface area contributed by atoms with Gasteiger partial charge in [-0.3, -0.25) is 9.59 Å². The average molecular weight is 1280 g/mol. The van der Waals surface area contributed by atoms with E-state index in [4.69, 9.17) is 19.7 Å². The fourth-order valence-electron chi connectivity index (χ4n) is 11.9. The molecule has 3 unspecified atom stereocenters. The van der Waals surface area contributed by atoms with Crippen LogP contribution in [0.4, 0.5) is 26.7 Å². The molecule has 0 spiro atoms. The zero-order valence-electron chi connectivity index (χ0n) is 57.7. The van der Waals surface area contributed by atoms with Crippen LogP contribution in [0.1, 0.15) is 159 Å². The number of rotatable bonds is 23. The molecule has 0 aromatic heterocycles. The summed E-state index contributed by atoms with van der Waals surface area (Å²) in [7, 11) is 12.2. The number of ketones is 2. The lowest BCUT2D eigenvalue weighted by molar-refractivity contribution is -0.131. The number of ether oxygens (including phenoxy) is 2. The predicted molar refractivity (Wildman–Crippen MR) is 382 cm³/mol. The molecule has 6 aromatic carbocycles. The van der Waals surface area contributed by atoms with E-state index in [2.05, 4.69) is 131 Å². The SMILES string of the molecule is CCC(=O)/C=C/c1ccc2c(c1)CCC2N(CCc1ccc(N(C)C)cc1)C(=O)OC(C)(C)C.CN(C)c1ccc(CCN(C(=O)OC(C)(C)C)C2CCc3cc(/C=C/C(=O)O)ccc32)cc1.CN(C)c1ccc(CCNC2CCc3cc(/C=C/C(=O)CO)ccc32)cc1. The van der Waals surface area contributed by atoms with Crippen molar-refractivity contribution in [3.05, 3.63) is 212 Å². The molecule has 0 saturated heterocycles. The molecule has 3 aliphatic rings. The molecule has 15 nitrogen and oxygen atoms in total. The van der Waals surface area contributed by atoms with Crippen LogP contribution < -0.4 is 20.0 Å². The second-order valence-corrected chi connectivity index (χ2v) is 27.1. The molecule has 3 N–H and O–H groups in total. The highest BCUT2D eigenvalue weighted by molar-refractivity contribution is 5.94. The Morgan fingerprint density at radius 2 is 0.851 bits per heavy atom. The molecular weight excluding hydrogens is 1180 g/mol. The number of carboxylic acids is 1. The molecule has 0 saturated carbocycles. The number of hydrogen-bond acceptors (Lipinski definition) is 12. The Bertz CT molecular complexity index is 3610. The normalized spacial score (nSPS) is 15.5. The molecular formula is C79H100N6O9. The average Bonchev–Trinajstić information content (AvgIpc) is 1.65. The van der Waals surface area contributed by atoms with Gasteiger partial charge in [0.05, 0.1) is 12.1 Å². The third kappa shape index (κ3) is 21.9. The molecule has 15 heteroatoms. The zero-order valence-corrected chi connectivity index (χ0v) is 57.7. The van der Waals surface area contributed by atoms with Crippen LogP contribution in [-0.2, 0) is 62.4 Å². The highest BCUT2D eigenvalue weighted by atomic mass is 16.6. The van der Waals surface area contributed by atoms with Gasteiger partial charge in [0.2, 0.25) is 0 Å². The van der Waals surface area contributed by atoms with Gasteiger partial charge < -0.3 is 49.5 Å². The number of hydrogen-bond donors (Lipinski definition) is 3. The Morgan fingerprint density at radius 1 is 0.489 bits per heavy atom. The monoisotopic (exact) mass is 1280 g/mol. The first-order valence-electron chi connectivity index (χ1n) is 33.0. The van der Waals surface area contributed by atoms with Crippen molar-refractivity contribution in [2.75, 3.05) is 83.2 Å².